The lowest BCUT2D eigenvalue weighted by molar-refractivity contribution is 0.0291. The first kappa shape index (κ1) is 19.5. The highest BCUT2D eigenvalue weighted by Gasteiger charge is 2.33. The van der Waals surface area contributed by atoms with Crippen molar-refractivity contribution in [2.75, 3.05) is 18.5 Å². The van der Waals surface area contributed by atoms with Gasteiger partial charge in [-0.2, -0.15) is 0 Å². The molecule has 0 unspecified atom stereocenters. The Bertz CT molecular complexity index is 1060. The Hall–Kier alpha value is -2.86. The van der Waals surface area contributed by atoms with E-state index in [0.717, 1.165) is 28.6 Å². The van der Waals surface area contributed by atoms with Crippen LogP contribution in [0.1, 0.15) is 44.9 Å². The van der Waals surface area contributed by atoms with Crippen molar-refractivity contribution >= 4 is 22.6 Å². The van der Waals surface area contributed by atoms with E-state index in [4.69, 9.17) is 0 Å². The molecular formula is C23H28N4O2. The maximum atomic E-state index is 13.0. The van der Waals surface area contributed by atoms with Gasteiger partial charge in [-0.3, -0.25) is 4.79 Å². The van der Waals surface area contributed by atoms with E-state index in [1.54, 1.807) is 4.90 Å². The molecule has 0 spiro atoms. The number of benzene rings is 1. The second-order valence-electron chi connectivity index (χ2n) is 8.00. The number of anilines is 1. The van der Waals surface area contributed by atoms with Crippen LogP contribution in [0.3, 0.4) is 0 Å². The van der Waals surface area contributed by atoms with Gasteiger partial charge in [0.05, 0.1) is 18.2 Å². The van der Waals surface area contributed by atoms with Crippen molar-refractivity contribution in [3.05, 3.63) is 57.9 Å². The molecule has 1 fully saturated rings. The van der Waals surface area contributed by atoms with Gasteiger partial charge in [-0.25, -0.2) is 4.98 Å². The Kier molecular flexibility index (Phi) is 5.04. The van der Waals surface area contributed by atoms with Gasteiger partial charge in [0, 0.05) is 24.2 Å². The van der Waals surface area contributed by atoms with Crippen molar-refractivity contribution in [3.8, 4) is 0 Å². The number of H-pyrrole nitrogens is 1. The summed E-state index contributed by atoms with van der Waals surface area (Å²) >= 11 is 0. The first-order valence-corrected chi connectivity index (χ1v) is 10.1. The number of fused-ring (bicyclic) bond motifs is 1. The smallest absolute Gasteiger partial charge is 0.272 e. The van der Waals surface area contributed by atoms with E-state index in [-0.39, 0.29) is 18.6 Å². The molecule has 0 radical (unpaired) electrons. The molecule has 2 aromatic heterocycles. The molecule has 0 aliphatic carbocycles. The van der Waals surface area contributed by atoms with Crippen molar-refractivity contribution in [2.24, 2.45) is 0 Å². The molecule has 0 bridgehead atoms. The number of hydrogen-bond acceptors (Lipinski definition) is 4. The lowest BCUT2D eigenvalue weighted by Gasteiger charge is -2.39. The Labute approximate surface area is 171 Å². The van der Waals surface area contributed by atoms with Gasteiger partial charge < -0.3 is 20.3 Å². The number of amides is 1. The number of carbonyl (C=O) groups is 1. The highest BCUT2D eigenvalue weighted by Crippen LogP contribution is 2.29. The number of nitrogens with one attached hydrogen (secondary N) is 2. The lowest BCUT2D eigenvalue weighted by Crippen LogP contribution is -2.53. The molecule has 152 valence electrons. The van der Waals surface area contributed by atoms with Crippen LogP contribution in [0.4, 0.5) is 5.82 Å². The SMILES string of the molecule is Cc1cccc(C)c1CNc1nc(C(=O)N2CC[C@H]2CO)cc2c(C)c(C)[nH]c12. The molecule has 1 amide bonds. The Morgan fingerprint density at radius 3 is 2.62 bits per heavy atom. The van der Waals surface area contributed by atoms with Crippen molar-refractivity contribution in [1.29, 1.82) is 0 Å². The summed E-state index contributed by atoms with van der Waals surface area (Å²) in [4.78, 5) is 22.8. The molecule has 1 aliphatic heterocycles. The number of rotatable bonds is 5. The number of carbonyl (C=O) groups excluding carboxylic acids is 1. The number of nitrogens with zero attached hydrogens (tertiary/aromatic N) is 2. The Morgan fingerprint density at radius 1 is 1.28 bits per heavy atom. The molecule has 1 aliphatic rings. The third-order valence-corrected chi connectivity index (χ3v) is 6.21. The molecule has 1 saturated heterocycles. The van der Waals surface area contributed by atoms with E-state index in [0.29, 0.717) is 24.6 Å². The monoisotopic (exact) mass is 392 g/mol. The molecular weight excluding hydrogens is 364 g/mol. The Morgan fingerprint density at radius 2 is 2.00 bits per heavy atom. The number of hydrogen-bond donors (Lipinski definition) is 3. The maximum absolute atomic E-state index is 13.0. The third-order valence-electron chi connectivity index (χ3n) is 6.21. The first-order chi connectivity index (χ1) is 13.9. The van der Waals surface area contributed by atoms with Crippen molar-refractivity contribution in [3.63, 3.8) is 0 Å². The van der Waals surface area contributed by atoms with Crippen LogP contribution >= 0.6 is 0 Å². The minimum atomic E-state index is -0.120. The van der Waals surface area contributed by atoms with E-state index in [1.165, 1.54) is 16.7 Å². The highest BCUT2D eigenvalue weighted by molar-refractivity contribution is 6.01. The molecule has 1 aromatic carbocycles. The van der Waals surface area contributed by atoms with Crippen LogP contribution in [-0.2, 0) is 6.54 Å². The third kappa shape index (κ3) is 3.38. The van der Waals surface area contributed by atoms with Crippen molar-refractivity contribution in [2.45, 2.75) is 46.7 Å². The zero-order chi connectivity index (χ0) is 20.7. The molecule has 3 N–H and O–H groups in total. The van der Waals surface area contributed by atoms with Crippen LogP contribution < -0.4 is 5.32 Å². The molecule has 3 heterocycles. The van der Waals surface area contributed by atoms with Gasteiger partial charge in [0.15, 0.2) is 5.82 Å². The van der Waals surface area contributed by atoms with Gasteiger partial charge in [0.25, 0.3) is 5.91 Å². The van der Waals surface area contributed by atoms with Crippen molar-refractivity contribution in [1.82, 2.24) is 14.9 Å². The lowest BCUT2D eigenvalue weighted by atomic mass is 10.0. The second kappa shape index (κ2) is 7.52. The van der Waals surface area contributed by atoms with E-state index in [2.05, 4.69) is 54.3 Å². The Balaban J connectivity index is 1.72. The molecule has 0 saturated carbocycles. The summed E-state index contributed by atoms with van der Waals surface area (Å²) in [5.41, 5.74) is 7.22. The van der Waals surface area contributed by atoms with Crippen molar-refractivity contribution < 1.29 is 9.90 Å². The minimum absolute atomic E-state index is 0.00601. The van der Waals surface area contributed by atoms with Crippen LogP contribution in [0, 0.1) is 27.7 Å². The van der Waals surface area contributed by atoms with Gasteiger partial charge in [0.1, 0.15) is 5.69 Å². The first-order valence-electron chi connectivity index (χ1n) is 10.1. The van der Waals surface area contributed by atoms with Crippen LogP contribution in [-0.4, -0.2) is 45.1 Å². The molecule has 6 heteroatoms. The number of aromatic nitrogens is 2. The second-order valence-corrected chi connectivity index (χ2v) is 8.00. The summed E-state index contributed by atoms with van der Waals surface area (Å²) in [7, 11) is 0. The van der Waals surface area contributed by atoms with Crippen LogP contribution in [0.2, 0.25) is 0 Å². The average molecular weight is 393 g/mol. The summed E-state index contributed by atoms with van der Waals surface area (Å²) in [6.45, 7) is 9.59. The highest BCUT2D eigenvalue weighted by atomic mass is 16.3. The zero-order valence-corrected chi connectivity index (χ0v) is 17.5. The maximum Gasteiger partial charge on any atom is 0.272 e. The predicted molar refractivity (Wildman–Crippen MR) is 115 cm³/mol. The predicted octanol–water partition coefficient (Wildman–Crippen LogP) is 3.62. The fourth-order valence-electron chi connectivity index (χ4n) is 4.03. The molecule has 4 rings (SSSR count). The standard InChI is InChI=1S/C23H28N4O2/c1-13-6-5-7-14(2)19(13)11-24-22-21-18(15(3)16(4)25-21)10-20(26-22)23(29)27-9-8-17(27)12-28/h5-7,10,17,25,28H,8-9,11-12H2,1-4H3,(H,24,26)/t17-/m0/s1. The van der Waals surface area contributed by atoms with Crippen LogP contribution in [0.15, 0.2) is 24.3 Å². The van der Waals surface area contributed by atoms with Gasteiger partial charge in [-0.1, -0.05) is 18.2 Å². The van der Waals surface area contributed by atoms with E-state index in [9.17, 15) is 9.90 Å². The largest absolute Gasteiger partial charge is 0.394 e. The average Bonchev–Trinajstić information content (AvgIpc) is 2.95. The van der Waals surface area contributed by atoms with Gasteiger partial charge in [0.2, 0.25) is 0 Å². The molecule has 6 nitrogen and oxygen atoms in total. The van der Waals surface area contributed by atoms with E-state index >= 15 is 0 Å². The van der Waals surface area contributed by atoms with Gasteiger partial charge in [-0.05, 0) is 62.4 Å². The summed E-state index contributed by atoms with van der Waals surface area (Å²) in [5.74, 6) is 0.566. The minimum Gasteiger partial charge on any atom is -0.394 e. The fraction of sp³-hybridized carbons (Fsp3) is 0.391. The summed E-state index contributed by atoms with van der Waals surface area (Å²) in [6.07, 6.45) is 0.838. The zero-order valence-electron chi connectivity index (χ0n) is 17.5. The number of pyridine rings is 1. The van der Waals surface area contributed by atoms with E-state index < -0.39 is 0 Å². The quantitative estimate of drug-likeness (QED) is 0.619. The number of aryl methyl sites for hydroxylation is 4. The van der Waals surface area contributed by atoms with Gasteiger partial charge >= 0.3 is 0 Å². The molecule has 1 atom stereocenters. The topological polar surface area (TPSA) is 81.2 Å². The molecule has 3 aromatic rings. The summed E-state index contributed by atoms with van der Waals surface area (Å²) in [5, 5.41) is 13.9. The number of aliphatic hydroxyl groups is 1. The number of likely N-dealkylation sites (tertiary alicyclic amines) is 1. The van der Waals surface area contributed by atoms with Gasteiger partial charge in [-0.15, -0.1) is 0 Å². The number of aliphatic hydroxyl groups excluding tert-OH is 1. The van der Waals surface area contributed by atoms with Crippen LogP contribution in [0.5, 0.6) is 0 Å². The normalized spacial score (nSPS) is 16.2. The summed E-state index contributed by atoms with van der Waals surface area (Å²) in [6, 6.07) is 8.05. The molecule has 29 heavy (non-hydrogen) atoms. The summed E-state index contributed by atoms with van der Waals surface area (Å²) < 4.78 is 0. The van der Waals surface area contributed by atoms with Crippen LogP contribution in [0.25, 0.3) is 10.9 Å². The van der Waals surface area contributed by atoms with E-state index in [1.807, 2.05) is 13.0 Å². The fourth-order valence-corrected chi connectivity index (χ4v) is 4.03. The number of aromatic amines is 1.